The summed E-state index contributed by atoms with van der Waals surface area (Å²) in [7, 11) is 0. The largest absolute Gasteiger partial charge is 0.389 e. The van der Waals surface area contributed by atoms with E-state index in [9.17, 15) is 13.2 Å². The van der Waals surface area contributed by atoms with Gasteiger partial charge in [0.05, 0.1) is 0 Å². The van der Waals surface area contributed by atoms with Crippen LogP contribution >= 0.6 is 0 Å². The van der Waals surface area contributed by atoms with Crippen LogP contribution in [0.1, 0.15) is 26.2 Å². The third-order valence-electron chi connectivity index (χ3n) is 2.50. The van der Waals surface area contributed by atoms with Crippen molar-refractivity contribution < 1.29 is 13.2 Å². The standard InChI is InChI=1S/C9H16F3N/c1-7-5-8(7)6-13-4-2-3-9(10,11)12/h7-8,13H,2-6H2,1H3. The molecule has 0 aromatic heterocycles. The molecule has 0 bridgehead atoms. The Morgan fingerprint density at radius 1 is 1.38 bits per heavy atom. The zero-order chi connectivity index (χ0) is 9.90. The Labute approximate surface area is 76.7 Å². The van der Waals surface area contributed by atoms with Crippen molar-refractivity contribution in [2.45, 2.75) is 32.4 Å². The Morgan fingerprint density at radius 2 is 2.00 bits per heavy atom. The lowest BCUT2D eigenvalue weighted by molar-refractivity contribution is -0.135. The van der Waals surface area contributed by atoms with E-state index in [4.69, 9.17) is 0 Å². The van der Waals surface area contributed by atoms with Crippen molar-refractivity contribution in [3.63, 3.8) is 0 Å². The normalized spacial score (nSPS) is 27.7. The van der Waals surface area contributed by atoms with Gasteiger partial charge in [-0.15, -0.1) is 0 Å². The van der Waals surface area contributed by atoms with Crippen LogP contribution in [0.25, 0.3) is 0 Å². The van der Waals surface area contributed by atoms with Crippen LogP contribution in [0.15, 0.2) is 0 Å². The first-order chi connectivity index (χ1) is 5.99. The summed E-state index contributed by atoms with van der Waals surface area (Å²) < 4.78 is 35.1. The predicted molar refractivity (Wildman–Crippen MR) is 45.4 cm³/mol. The molecule has 0 aromatic rings. The summed E-state index contributed by atoms with van der Waals surface area (Å²) in [6, 6.07) is 0. The Balaban J connectivity index is 1.84. The maximum absolute atomic E-state index is 11.7. The number of rotatable bonds is 5. The molecule has 78 valence electrons. The topological polar surface area (TPSA) is 12.0 Å². The first-order valence-electron chi connectivity index (χ1n) is 4.76. The molecule has 1 nitrogen and oxygen atoms in total. The van der Waals surface area contributed by atoms with Crippen molar-refractivity contribution in [2.75, 3.05) is 13.1 Å². The molecule has 13 heavy (non-hydrogen) atoms. The second-order valence-electron chi connectivity index (χ2n) is 3.90. The highest BCUT2D eigenvalue weighted by Gasteiger charge is 2.31. The number of hydrogen-bond donors (Lipinski definition) is 1. The van der Waals surface area contributed by atoms with Gasteiger partial charge in [-0.05, 0) is 37.8 Å². The monoisotopic (exact) mass is 195 g/mol. The van der Waals surface area contributed by atoms with E-state index in [1.54, 1.807) is 0 Å². The van der Waals surface area contributed by atoms with Gasteiger partial charge in [0.2, 0.25) is 0 Å². The van der Waals surface area contributed by atoms with E-state index in [0.29, 0.717) is 12.5 Å². The first kappa shape index (κ1) is 10.8. The maximum Gasteiger partial charge on any atom is 0.389 e. The van der Waals surface area contributed by atoms with Gasteiger partial charge in [-0.3, -0.25) is 0 Å². The zero-order valence-electron chi connectivity index (χ0n) is 7.82. The molecule has 4 heteroatoms. The molecule has 0 aliphatic heterocycles. The summed E-state index contributed by atoms with van der Waals surface area (Å²) >= 11 is 0. The van der Waals surface area contributed by atoms with Gasteiger partial charge >= 0.3 is 6.18 Å². The molecule has 1 saturated carbocycles. The molecule has 1 fully saturated rings. The van der Waals surface area contributed by atoms with E-state index in [1.165, 1.54) is 6.42 Å². The van der Waals surface area contributed by atoms with Crippen molar-refractivity contribution in [1.82, 2.24) is 5.32 Å². The lowest BCUT2D eigenvalue weighted by Crippen LogP contribution is -2.20. The van der Waals surface area contributed by atoms with Crippen molar-refractivity contribution in [2.24, 2.45) is 11.8 Å². The molecule has 1 aliphatic carbocycles. The van der Waals surface area contributed by atoms with Gasteiger partial charge in [-0.25, -0.2) is 0 Å². The number of nitrogens with one attached hydrogen (secondary N) is 1. The van der Waals surface area contributed by atoms with Gasteiger partial charge in [-0.1, -0.05) is 6.92 Å². The zero-order valence-corrected chi connectivity index (χ0v) is 7.82. The lowest BCUT2D eigenvalue weighted by Gasteiger charge is -2.06. The van der Waals surface area contributed by atoms with Gasteiger partial charge in [0.1, 0.15) is 0 Å². The third kappa shape index (κ3) is 5.13. The van der Waals surface area contributed by atoms with Crippen molar-refractivity contribution >= 4 is 0 Å². The van der Waals surface area contributed by atoms with Gasteiger partial charge < -0.3 is 5.32 Å². The smallest absolute Gasteiger partial charge is 0.316 e. The number of halogens is 3. The molecule has 0 spiro atoms. The minimum absolute atomic E-state index is 0.199. The van der Waals surface area contributed by atoms with Crippen LogP contribution < -0.4 is 5.32 Å². The second-order valence-corrected chi connectivity index (χ2v) is 3.90. The molecular formula is C9H16F3N. The molecule has 0 heterocycles. The van der Waals surface area contributed by atoms with Crippen LogP contribution in [0.2, 0.25) is 0 Å². The minimum atomic E-state index is -3.99. The van der Waals surface area contributed by atoms with E-state index in [0.717, 1.165) is 12.5 Å². The van der Waals surface area contributed by atoms with Crippen molar-refractivity contribution in [3.8, 4) is 0 Å². The molecule has 1 aliphatic rings. The number of hydrogen-bond acceptors (Lipinski definition) is 1. The molecule has 2 atom stereocenters. The van der Waals surface area contributed by atoms with Crippen molar-refractivity contribution in [1.29, 1.82) is 0 Å². The summed E-state index contributed by atoms with van der Waals surface area (Å²) in [6.45, 7) is 3.55. The van der Waals surface area contributed by atoms with E-state index < -0.39 is 12.6 Å². The lowest BCUT2D eigenvalue weighted by atomic mass is 10.3. The highest BCUT2D eigenvalue weighted by Crippen LogP contribution is 2.36. The second kappa shape index (κ2) is 4.31. The molecule has 2 unspecified atom stereocenters. The predicted octanol–water partition coefficient (Wildman–Crippen LogP) is 2.57. The summed E-state index contributed by atoms with van der Waals surface area (Å²) in [5.74, 6) is 1.49. The highest BCUT2D eigenvalue weighted by molar-refractivity contribution is 4.83. The summed E-state index contributed by atoms with van der Waals surface area (Å²) in [6.07, 6.45) is -3.23. The Hall–Kier alpha value is -0.250. The third-order valence-corrected chi connectivity index (χ3v) is 2.50. The van der Waals surface area contributed by atoms with Gasteiger partial charge in [0.25, 0.3) is 0 Å². The maximum atomic E-state index is 11.7. The molecule has 1 N–H and O–H groups in total. The van der Waals surface area contributed by atoms with Gasteiger partial charge in [0.15, 0.2) is 0 Å². The van der Waals surface area contributed by atoms with Gasteiger partial charge in [-0.2, -0.15) is 13.2 Å². The van der Waals surface area contributed by atoms with Crippen LogP contribution in [0, 0.1) is 11.8 Å². The summed E-state index contributed by atoms with van der Waals surface area (Å²) in [5.41, 5.74) is 0. The average molecular weight is 195 g/mol. The summed E-state index contributed by atoms with van der Waals surface area (Å²) in [5, 5.41) is 3.05. The van der Waals surface area contributed by atoms with Crippen LogP contribution in [-0.4, -0.2) is 19.3 Å². The van der Waals surface area contributed by atoms with E-state index in [2.05, 4.69) is 12.2 Å². The minimum Gasteiger partial charge on any atom is -0.316 e. The Kier molecular flexibility index (Phi) is 3.59. The molecule has 0 saturated heterocycles. The fourth-order valence-electron chi connectivity index (χ4n) is 1.38. The van der Waals surface area contributed by atoms with Crippen LogP contribution in [0.4, 0.5) is 13.2 Å². The fraction of sp³-hybridized carbons (Fsp3) is 1.00. The SMILES string of the molecule is CC1CC1CNCCCC(F)(F)F. The average Bonchev–Trinajstić information content (AvgIpc) is 2.63. The molecule has 1 rings (SSSR count). The first-order valence-corrected chi connectivity index (χ1v) is 4.76. The van der Waals surface area contributed by atoms with E-state index in [1.807, 2.05) is 0 Å². The highest BCUT2D eigenvalue weighted by atomic mass is 19.4. The van der Waals surface area contributed by atoms with Crippen LogP contribution in [0.5, 0.6) is 0 Å². The molecule has 0 radical (unpaired) electrons. The van der Waals surface area contributed by atoms with E-state index in [-0.39, 0.29) is 6.42 Å². The van der Waals surface area contributed by atoms with E-state index >= 15 is 0 Å². The summed E-state index contributed by atoms with van der Waals surface area (Å²) in [4.78, 5) is 0. The molecule has 0 aromatic carbocycles. The van der Waals surface area contributed by atoms with Crippen molar-refractivity contribution in [3.05, 3.63) is 0 Å². The van der Waals surface area contributed by atoms with Gasteiger partial charge in [0, 0.05) is 6.42 Å². The quantitative estimate of drug-likeness (QED) is 0.665. The Bertz CT molecular complexity index is 155. The van der Waals surface area contributed by atoms with Crippen LogP contribution in [0.3, 0.4) is 0 Å². The Morgan fingerprint density at radius 3 is 2.46 bits per heavy atom. The number of alkyl halides is 3. The molecule has 0 amide bonds. The van der Waals surface area contributed by atoms with Crippen LogP contribution in [-0.2, 0) is 0 Å². The molecular weight excluding hydrogens is 179 g/mol. The fourth-order valence-corrected chi connectivity index (χ4v) is 1.38.